The van der Waals surface area contributed by atoms with E-state index in [0.717, 1.165) is 23.1 Å². The maximum absolute atomic E-state index is 14.3. The average molecular weight is 538 g/mol. The molecule has 1 saturated heterocycles. The summed E-state index contributed by atoms with van der Waals surface area (Å²) < 4.78 is 20.0. The van der Waals surface area contributed by atoms with Crippen LogP contribution < -0.4 is 15.4 Å². The van der Waals surface area contributed by atoms with Crippen molar-refractivity contribution in [3.63, 3.8) is 0 Å². The van der Waals surface area contributed by atoms with Crippen molar-refractivity contribution < 1.29 is 14.1 Å². The van der Waals surface area contributed by atoms with Crippen molar-refractivity contribution in [1.29, 1.82) is 0 Å². The maximum atomic E-state index is 14.3. The summed E-state index contributed by atoms with van der Waals surface area (Å²) in [5, 5.41) is 5.15. The Bertz CT molecular complexity index is 1380. The predicted octanol–water partition coefficient (Wildman–Crippen LogP) is 4.38. The van der Waals surface area contributed by atoms with Gasteiger partial charge in [0.05, 0.1) is 30.5 Å². The van der Waals surface area contributed by atoms with Gasteiger partial charge in [0, 0.05) is 36.9 Å². The number of hydrogen-bond donors (Lipinski definition) is 1. The Kier molecular flexibility index (Phi) is 8.43. The van der Waals surface area contributed by atoms with Gasteiger partial charge < -0.3 is 24.4 Å². The molecular weight excluding hydrogens is 497 g/mol. The lowest BCUT2D eigenvalue weighted by atomic mass is 9.96. The van der Waals surface area contributed by atoms with E-state index in [1.54, 1.807) is 7.11 Å². The summed E-state index contributed by atoms with van der Waals surface area (Å²) in [6, 6.07) is 10.3. The summed E-state index contributed by atoms with van der Waals surface area (Å²) in [6.45, 7) is 9.66. The van der Waals surface area contributed by atoms with Gasteiger partial charge in [-0.1, -0.05) is 25.1 Å². The van der Waals surface area contributed by atoms with Gasteiger partial charge in [-0.15, -0.1) is 0 Å². The van der Waals surface area contributed by atoms with E-state index in [1.165, 1.54) is 16.7 Å². The number of likely N-dealkylation sites (N-methyl/N-ethyl adjacent to an activating group) is 1. The zero-order chi connectivity index (χ0) is 27.6. The highest BCUT2D eigenvalue weighted by molar-refractivity contribution is 7.72. The molecule has 0 aliphatic carbocycles. The van der Waals surface area contributed by atoms with Crippen molar-refractivity contribution in [1.82, 2.24) is 19.8 Å². The largest absolute Gasteiger partial charge is 0.496 e. The second-order valence-corrected chi connectivity index (χ2v) is 13.6. The van der Waals surface area contributed by atoms with Crippen LogP contribution in [0.2, 0.25) is 0 Å². The molecule has 8 nitrogen and oxygen atoms in total. The number of anilines is 1. The Morgan fingerprint density at radius 2 is 1.89 bits per heavy atom. The van der Waals surface area contributed by atoms with E-state index in [0.29, 0.717) is 48.8 Å². The number of nitrogens with one attached hydrogen (secondary N) is 1. The minimum atomic E-state index is -2.79. The molecule has 204 valence electrons. The summed E-state index contributed by atoms with van der Waals surface area (Å²) in [7, 11) is 2.57. The molecule has 1 aliphatic rings. The molecule has 1 fully saturated rings. The van der Waals surface area contributed by atoms with Gasteiger partial charge in [0.1, 0.15) is 24.5 Å². The van der Waals surface area contributed by atoms with Crippen LogP contribution in [-0.4, -0.2) is 78.8 Å². The maximum Gasteiger partial charge on any atom is 0.236 e. The second kappa shape index (κ2) is 11.4. The van der Waals surface area contributed by atoms with Crippen molar-refractivity contribution in [2.24, 2.45) is 0 Å². The number of methoxy groups -OCH3 is 1. The first-order valence-electron chi connectivity index (χ1n) is 13.3. The molecule has 1 atom stereocenters. The summed E-state index contributed by atoms with van der Waals surface area (Å²) in [4.78, 5) is 25.7. The number of aryl methyl sites for hydroxylation is 2. The monoisotopic (exact) mass is 537 g/mol. The SMILES string of the molecule is CCc1cccc([C@@H](C)Nc2nc(C)nc3cc(OC)c(P4(=O)CCN(C(=O)CN(C)C)CC4)cc23)c1C. The Morgan fingerprint density at radius 3 is 2.53 bits per heavy atom. The van der Waals surface area contributed by atoms with Gasteiger partial charge in [-0.2, -0.15) is 0 Å². The van der Waals surface area contributed by atoms with E-state index in [2.05, 4.69) is 49.3 Å². The van der Waals surface area contributed by atoms with Gasteiger partial charge in [-0.05, 0) is 64.0 Å². The Balaban J connectivity index is 1.70. The fourth-order valence-electron chi connectivity index (χ4n) is 5.34. The highest BCUT2D eigenvalue weighted by atomic mass is 31.2. The molecule has 1 aromatic heterocycles. The summed E-state index contributed by atoms with van der Waals surface area (Å²) in [5.74, 6) is 2.02. The van der Waals surface area contributed by atoms with E-state index in [-0.39, 0.29) is 11.9 Å². The minimum Gasteiger partial charge on any atom is -0.496 e. The van der Waals surface area contributed by atoms with Crippen molar-refractivity contribution in [3.8, 4) is 5.75 Å². The van der Waals surface area contributed by atoms with E-state index in [9.17, 15) is 9.36 Å². The van der Waals surface area contributed by atoms with Crippen molar-refractivity contribution in [2.75, 3.05) is 58.5 Å². The number of aromatic nitrogens is 2. The quantitative estimate of drug-likeness (QED) is 0.427. The number of rotatable bonds is 8. The fraction of sp³-hybridized carbons (Fsp3) is 0.483. The summed E-state index contributed by atoms with van der Waals surface area (Å²) in [6.07, 6.45) is 1.85. The van der Waals surface area contributed by atoms with Gasteiger partial charge in [0.2, 0.25) is 5.91 Å². The molecule has 1 amide bonds. The third-order valence-electron chi connectivity index (χ3n) is 7.50. The molecule has 0 radical (unpaired) electrons. The van der Waals surface area contributed by atoms with E-state index < -0.39 is 7.14 Å². The average Bonchev–Trinajstić information content (AvgIpc) is 2.87. The normalized spacial score (nSPS) is 16.1. The lowest BCUT2D eigenvalue weighted by Gasteiger charge is -2.33. The molecule has 1 aliphatic heterocycles. The lowest BCUT2D eigenvalue weighted by molar-refractivity contribution is -0.131. The van der Waals surface area contributed by atoms with Crippen LogP contribution >= 0.6 is 7.14 Å². The number of benzene rings is 2. The van der Waals surface area contributed by atoms with Gasteiger partial charge in [-0.25, -0.2) is 9.97 Å². The van der Waals surface area contributed by atoms with Crippen LogP contribution in [0.4, 0.5) is 5.82 Å². The number of fused-ring (bicyclic) bond motifs is 1. The molecule has 0 saturated carbocycles. The Labute approximate surface area is 226 Å². The molecule has 2 aromatic carbocycles. The standard InChI is InChI=1S/C29H40N5O3P/c1-8-22-10-9-11-23(19(22)2)20(3)30-29-24-16-27(26(37-7)17-25(24)31-21(4)32-29)38(36)14-12-34(13-15-38)28(35)18-33(5)6/h9-11,16-17,20H,8,12-15,18H2,1-7H3,(H,30,31,32)/t20-/m1/s1. The van der Waals surface area contributed by atoms with Crippen LogP contribution in [0.25, 0.3) is 10.9 Å². The first-order chi connectivity index (χ1) is 18.1. The number of hydrogen-bond acceptors (Lipinski definition) is 7. The molecule has 2 heterocycles. The highest BCUT2D eigenvalue weighted by Crippen LogP contribution is 2.49. The molecule has 1 N–H and O–H groups in total. The molecule has 3 aromatic rings. The minimum absolute atomic E-state index is 0.0199. The molecule has 0 unspecified atom stereocenters. The summed E-state index contributed by atoms with van der Waals surface area (Å²) in [5.41, 5.74) is 4.59. The lowest BCUT2D eigenvalue weighted by Crippen LogP contribution is -2.44. The second-order valence-electron chi connectivity index (χ2n) is 10.5. The third-order valence-corrected chi connectivity index (χ3v) is 10.6. The Hall–Kier alpha value is -2.96. The first kappa shape index (κ1) is 28.1. The van der Waals surface area contributed by atoms with E-state index >= 15 is 0 Å². The number of carbonyl (C=O) groups excluding carboxylic acids is 1. The summed E-state index contributed by atoms with van der Waals surface area (Å²) >= 11 is 0. The predicted molar refractivity (Wildman–Crippen MR) is 156 cm³/mol. The number of ether oxygens (including phenoxy) is 1. The van der Waals surface area contributed by atoms with Crippen LogP contribution in [0, 0.1) is 13.8 Å². The molecular formula is C29H40N5O3P. The first-order valence-corrected chi connectivity index (χ1v) is 15.4. The zero-order valence-corrected chi connectivity index (χ0v) is 24.6. The van der Waals surface area contributed by atoms with Gasteiger partial charge in [0.25, 0.3) is 0 Å². The topological polar surface area (TPSA) is 87.7 Å². The molecule has 38 heavy (non-hydrogen) atoms. The van der Waals surface area contributed by atoms with Crippen LogP contribution in [0.1, 0.15) is 42.4 Å². The van der Waals surface area contributed by atoms with Gasteiger partial charge >= 0.3 is 0 Å². The third kappa shape index (κ3) is 5.71. The number of carbonyl (C=O) groups is 1. The van der Waals surface area contributed by atoms with E-state index in [4.69, 9.17) is 9.72 Å². The van der Waals surface area contributed by atoms with Crippen LogP contribution in [0.5, 0.6) is 5.75 Å². The van der Waals surface area contributed by atoms with Crippen molar-refractivity contribution in [2.45, 2.75) is 40.2 Å². The smallest absolute Gasteiger partial charge is 0.236 e. The van der Waals surface area contributed by atoms with Crippen molar-refractivity contribution >= 4 is 35.1 Å². The van der Waals surface area contributed by atoms with Crippen molar-refractivity contribution in [3.05, 3.63) is 52.8 Å². The Morgan fingerprint density at radius 1 is 1.18 bits per heavy atom. The zero-order valence-electron chi connectivity index (χ0n) is 23.7. The molecule has 0 spiro atoms. The molecule has 4 rings (SSSR count). The van der Waals surface area contributed by atoms with Gasteiger partial charge in [-0.3, -0.25) is 4.79 Å². The van der Waals surface area contributed by atoms with Gasteiger partial charge in [0.15, 0.2) is 0 Å². The number of nitrogens with zero attached hydrogens (tertiary/aromatic N) is 4. The van der Waals surface area contributed by atoms with Crippen LogP contribution in [0.3, 0.4) is 0 Å². The van der Waals surface area contributed by atoms with Crippen LogP contribution in [0.15, 0.2) is 30.3 Å². The molecule has 9 heteroatoms. The van der Waals surface area contributed by atoms with E-state index in [1.807, 2.05) is 43.0 Å². The number of amides is 1. The van der Waals surface area contributed by atoms with Crippen LogP contribution in [-0.2, 0) is 15.8 Å². The fourth-order valence-corrected chi connectivity index (χ4v) is 8.10. The molecule has 0 bridgehead atoms. The highest BCUT2D eigenvalue weighted by Gasteiger charge is 2.35.